The van der Waals surface area contributed by atoms with Gasteiger partial charge in [-0.05, 0) is 47.5 Å². The van der Waals surface area contributed by atoms with Gasteiger partial charge in [0, 0.05) is 29.5 Å². The maximum absolute atomic E-state index is 12.8. The lowest BCUT2D eigenvalue weighted by molar-refractivity contribution is 0.102. The summed E-state index contributed by atoms with van der Waals surface area (Å²) in [7, 11) is 1.66. The van der Waals surface area contributed by atoms with Crippen molar-refractivity contribution >= 4 is 23.4 Å². The van der Waals surface area contributed by atoms with Crippen molar-refractivity contribution in [1.82, 2.24) is 14.8 Å². The molecule has 2 heterocycles. The average molecular weight is 551 g/mol. The lowest BCUT2D eigenvalue weighted by Crippen LogP contribution is -2.11. The first kappa shape index (κ1) is 25.5. The fourth-order valence-electron chi connectivity index (χ4n) is 4.42. The SMILES string of the molecule is COc1ccccc1-n1c(Cc2ccccc2)nnc1SCc1ccc(C(=O)Nc2ccc3c(c2)OCO3)cc1. The van der Waals surface area contributed by atoms with Gasteiger partial charge in [-0.15, -0.1) is 10.2 Å². The molecule has 0 radical (unpaired) electrons. The molecular weight excluding hydrogens is 524 g/mol. The summed E-state index contributed by atoms with van der Waals surface area (Å²) < 4.78 is 18.4. The second-order valence-corrected chi connectivity index (χ2v) is 10.0. The molecule has 200 valence electrons. The van der Waals surface area contributed by atoms with Crippen LogP contribution in [0.15, 0.2) is 102 Å². The van der Waals surface area contributed by atoms with E-state index in [2.05, 4.69) is 32.2 Å². The zero-order valence-electron chi connectivity index (χ0n) is 21.7. The molecule has 9 heteroatoms. The predicted octanol–water partition coefficient (Wildman–Crippen LogP) is 6.14. The third kappa shape index (κ3) is 5.50. The maximum Gasteiger partial charge on any atom is 0.255 e. The van der Waals surface area contributed by atoms with Gasteiger partial charge >= 0.3 is 0 Å². The number of nitrogens with zero attached hydrogens (tertiary/aromatic N) is 3. The fourth-order valence-corrected chi connectivity index (χ4v) is 5.34. The lowest BCUT2D eigenvalue weighted by atomic mass is 10.1. The highest BCUT2D eigenvalue weighted by Crippen LogP contribution is 2.34. The highest BCUT2D eigenvalue weighted by Gasteiger charge is 2.19. The van der Waals surface area contributed by atoms with Crippen LogP contribution < -0.4 is 19.5 Å². The molecule has 0 atom stereocenters. The standard InChI is InChI=1S/C31H26N4O4S/c1-37-26-10-6-5-9-25(26)35-29(17-21-7-3-2-4-8-21)33-34-31(35)40-19-22-11-13-23(14-12-22)30(36)32-24-15-16-27-28(18-24)39-20-38-27/h2-16,18H,17,19-20H2,1H3,(H,32,36). The van der Waals surface area contributed by atoms with Crippen LogP contribution in [0.2, 0.25) is 0 Å². The van der Waals surface area contributed by atoms with Crippen LogP contribution in [0.5, 0.6) is 17.2 Å². The Bertz CT molecular complexity index is 1640. The van der Waals surface area contributed by atoms with Crippen LogP contribution in [-0.4, -0.2) is 34.6 Å². The zero-order chi connectivity index (χ0) is 27.3. The summed E-state index contributed by atoms with van der Waals surface area (Å²) in [6.07, 6.45) is 0.639. The summed E-state index contributed by atoms with van der Waals surface area (Å²) in [5.74, 6) is 3.33. The van der Waals surface area contributed by atoms with E-state index in [1.165, 1.54) is 0 Å². The van der Waals surface area contributed by atoms with Crippen LogP contribution in [0.25, 0.3) is 5.69 Å². The van der Waals surface area contributed by atoms with Crippen molar-refractivity contribution in [3.05, 3.63) is 120 Å². The second-order valence-electron chi connectivity index (χ2n) is 9.08. The topological polar surface area (TPSA) is 87.5 Å². The third-order valence-electron chi connectivity index (χ3n) is 6.45. The fraction of sp³-hybridized carbons (Fsp3) is 0.129. The van der Waals surface area contributed by atoms with E-state index < -0.39 is 0 Å². The molecule has 40 heavy (non-hydrogen) atoms. The monoisotopic (exact) mass is 550 g/mol. The van der Waals surface area contributed by atoms with Crippen molar-refractivity contribution in [2.75, 3.05) is 19.2 Å². The molecule has 1 amide bonds. The van der Waals surface area contributed by atoms with Gasteiger partial charge in [0.15, 0.2) is 16.7 Å². The number of amides is 1. The van der Waals surface area contributed by atoms with Crippen LogP contribution in [0.1, 0.15) is 27.3 Å². The number of benzene rings is 4. The third-order valence-corrected chi connectivity index (χ3v) is 7.45. The molecule has 1 aliphatic rings. The summed E-state index contributed by atoms with van der Waals surface area (Å²) in [6, 6.07) is 31.0. The molecule has 6 rings (SSSR count). The van der Waals surface area contributed by atoms with Gasteiger partial charge in [-0.3, -0.25) is 9.36 Å². The Morgan fingerprint density at radius 2 is 1.68 bits per heavy atom. The smallest absolute Gasteiger partial charge is 0.255 e. The molecule has 1 aliphatic heterocycles. The number of hydrogen-bond acceptors (Lipinski definition) is 7. The van der Waals surface area contributed by atoms with E-state index in [0.717, 1.165) is 33.5 Å². The Morgan fingerprint density at radius 3 is 2.50 bits per heavy atom. The number of ether oxygens (including phenoxy) is 3. The summed E-state index contributed by atoms with van der Waals surface area (Å²) in [5.41, 5.74) is 4.31. The van der Waals surface area contributed by atoms with Crippen molar-refractivity contribution in [3.63, 3.8) is 0 Å². The van der Waals surface area contributed by atoms with Gasteiger partial charge in [0.1, 0.15) is 11.6 Å². The zero-order valence-corrected chi connectivity index (χ0v) is 22.6. The normalized spacial score (nSPS) is 11.8. The minimum atomic E-state index is -0.195. The van der Waals surface area contributed by atoms with Crippen LogP contribution in [0.3, 0.4) is 0 Å². The molecule has 0 saturated heterocycles. The Hall–Kier alpha value is -4.76. The summed E-state index contributed by atoms with van der Waals surface area (Å²) in [4.78, 5) is 12.8. The van der Waals surface area contributed by atoms with Crippen LogP contribution in [0.4, 0.5) is 5.69 Å². The molecule has 8 nitrogen and oxygen atoms in total. The van der Waals surface area contributed by atoms with Crippen LogP contribution in [0, 0.1) is 0 Å². The Morgan fingerprint density at radius 1 is 0.900 bits per heavy atom. The van der Waals surface area contributed by atoms with Crippen molar-refractivity contribution in [2.45, 2.75) is 17.3 Å². The molecular formula is C31H26N4O4S. The van der Waals surface area contributed by atoms with E-state index in [1.54, 1.807) is 37.1 Å². The average Bonchev–Trinajstić information content (AvgIpc) is 3.63. The number of nitrogens with one attached hydrogen (secondary N) is 1. The Kier molecular flexibility index (Phi) is 7.37. The minimum absolute atomic E-state index is 0.190. The number of methoxy groups -OCH3 is 1. The van der Waals surface area contributed by atoms with Crippen LogP contribution >= 0.6 is 11.8 Å². The van der Waals surface area contributed by atoms with E-state index in [9.17, 15) is 4.79 Å². The number of para-hydroxylation sites is 2. The number of rotatable bonds is 9. The molecule has 0 bridgehead atoms. The molecule has 0 spiro atoms. The summed E-state index contributed by atoms with van der Waals surface area (Å²) in [5, 5.41) is 12.7. The van der Waals surface area contributed by atoms with Gasteiger partial charge in [-0.1, -0.05) is 66.4 Å². The van der Waals surface area contributed by atoms with E-state index in [0.29, 0.717) is 34.9 Å². The van der Waals surface area contributed by atoms with Gasteiger partial charge < -0.3 is 19.5 Å². The molecule has 0 aliphatic carbocycles. The van der Waals surface area contributed by atoms with Crippen molar-refractivity contribution in [3.8, 4) is 22.9 Å². The van der Waals surface area contributed by atoms with Crippen molar-refractivity contribution < 1.29 is 19.0 Å². The van der Waals surface area contributed by atoms with Gasteiger partial charge in [0.25, 0.3) is 5.91 Å². The number of carbonyl (C=O) groups excluding carboxylic acids is 1. The first-order chi connectivity index (χ1) is 19.7. The van der Waals surface area contributed by atoms with Crippen molar-refractivity contribution in [2.24, 2.45) is 0 Å². The molecule has 4 aromatic carbocycles. The molecule has 5 aromatic rings. The first-order valence-corrected chi connectivity index (χ1v) is 13.7. The number of thioether (sulfide) groups is 1. The minimum Gasteiger partial charge on any atom is -0.495 e. The number of carbonyl (C=O) groups is 1. The summed E-state index contributed by atoms with van der Waals surface area (Å²) >= 11 is 1.58. The molecule has 0 fully saturated rings. The van der Waals surface area contributed by atoms with Crippen molar-refractivity contribution in [1.29, 1.82) is 0 Å². The predicted molar refractivity (Wildman–Crippen MR) is 154 cm³/mol. The lowest BCUT2D eigenvalue weighted by Gasteiger charge is -2.14. The largest absolute Gasteiger partial charge is 0.495 e. The molecule has 1 N–H and O–H groups in total. The van der Waals surface area contributed by atoms with E-state index >= 15 is 0 Å². The van der Waals surface area contributed by atoms with Gasteiger partial charge in [-0.25, -0.2) is 0 Å². The summed E-state index contributed by atoms with van der Waals surface area (Å²) in [6.45, 7) is 0.190. The van der Waals surface area contributed by atoms with E-state index in [4.69, 9.17) is 14.2 Å². The quantitative estimate of drug-likeness (QED) is 0.221. The first-order valence-electron chi connectivity index (χ1n) is 12.7. The highest BCUT2D eigenvalue weighted by molar-refractivity contribution is 7.98. The molecule has 0 unspecified atom stereocenters. The second kappa shape index (κ2) is 11.5. The molecule has 1 aromatic heterocycles. The van der Waals surface area contributed by atoms with E-state index in [-0.39, 0.29) is 12.7 Å². The Labute approximate surface area is 235 Å². The number of aromatic nitrogens is 3. The maximum atomic E-state index is 12.8. The van der Waals surface area contributed by atoms with Gasteiger partial charge in [0.2, 0.25) is 6.79 Å². The van der Waals surface area contributed by atoms with E-state index in [1.807, 2.05) is 66.7 Å². The number of anilines is 1. The highest BCUT2D eigenvalue weighted by atomic mass is 32.2. The Balaban J connectivity index is 1.18. The van der Waals surface area contributed by atoms with Gasteiger partial charge in [-0.2, -0.15) is 0 Å². The molecule has 0 saturated carbocycles. The number of hydrogen-bond donors (Lipinski definition) is 1. The van der Waals surface area contributed by atoms with Crippen LogP contribution in [-0.2, 0) is 12.2 Å². The van der Waals surface area contributed by atoms with Gasteiger partial charge in [0.05, 0.1) is 12.8 Å². The number of fused-ring (bicyclic) bond motifs is 1.